The van der Waals surface area contributed by atoms with Crippen molar-refractivity contribution in [3.63, 3.8) is 0 Å². The number of hydrogen-bond acceptors (Lipinski definition) is 7. The minimum absolute atomic E-state index is 0.0710. The number of methoxy groups -OCH3 is 4. The highest BCUT2D eigenvalue weighted by atomic mass is 16.5. The molecule has 8 nitrogen and oxygen atoms in total. The van der Waals surface area contributed by atoms with Crippen LogP contribution in [-0.4, -0.2) is 49.9 Å². The normalized spacial score (nSPS) is 15.0. The lowest BCUT2D eigenvalue weighted by molar-refractivity contribution is 0.353. The summed E-state index contributed by atoms with van der Waals surface area (Å²) in [6.07, 6.45) is 2.47. The number of benzene rings is 3. The van der Waals surface area contributed by atoms with Crippen LogP contribution in [0.25, 0.3) is 21.9 Å². The first-order valence-corrected chi connectivity index (χ1v) is 12.1. The Balaban J connectivity index is 1.57. The van der Waals surface area contributed by atoms with Crippen LogP contribution in [0, 0.1) is 0 Å². The molecular formula is C29H28N4O4. The summed E-state index contributed by atoms with van der Waals surface area (Å²) in [5.74, 6) is 3.61. The molecule has 1 aliphatic rings. The molecule has 1 aliphatic heterocycles. The maximum Gasteiger partial charge on any atom is 0.162 e. The highest BCUT2D eigenvalue weighted by Gasteiger charge is 2.33. The van der Waals surface area contributed by atoms with Gasteiger partial charge in [0.25, 0.3) is 0 Å². The third-order valence-electron chi connectivity index (χ3n) is 7.13. The summed E-state index contributed by atoms with van der Waals surface area (Å²) in [6, 6.07) is 18.5. The van der Waals surface area contributed by atoms with E-state index in [4.69, 9.17) is 23.9 Å². The topological polar surface area (TPSA) is 81.7 Å². The lowest BCUT2D eigenvalue weighted by atomic mass is 9.87. The number of aromatic amines is 1. The number of nitrogens with one attached hydrogen (secondary N) is 1. The van der Waals surface area contributed by atoms with Crippen LogP contribution in [0.3, 0.4) is 0 Å². The lowest BCUT2D eigenvalue weighted by Gasteiger charge is -2.39. The third kappa shape index (κ3) is 3.67. The Hall–Kier alpha value is -4.46. The van der Waals surface area contributed by atoms with Gasteiger partial charge < -0.3 is 28.8 Å². The van der Waals surface area contributed by atoms with E-state index in [2.05, 4.69) is 51.3 Å². The Labute approximate surface area is 214 Å². The van der Waals surface area contributed by atoms with E-state index in [-0.39, 0.29) is 6.04 Å². The van der Waals surface area contributed by atoms with Gasteiger partial charge in [0.2, 0.25) is 0 Å². The number of aromatic nitrogens is 3. The molecule has 3 heterocycles. The molecule has 8 heteroatoms. The van der Waals surface area contributed by atoms with E-state index in [1.807, 2.05) is 18.2 Å². The van der Waals surface area contributed by atoms with Gasteiger partial charge in [0, 0.05) is 18.0 Å². The molecule has 188 valence electrons. The summed E-state index contributed by atoms with van der Waals surface area (Å²) in [4.78, 5) is 15.4. The first-order valence-electron chi connectivity index (χ1n) is 12.1. The fraction of sp³-hybridized carbons (Fsp3) is 0.241. The van der Waals surface area contributed by atoms with Gasteiger partial charge in [0.15, 0.2) is 28.8 Å². The number of ether oxygens (including phenoxy) is 4. The van der Waals surface area contributed by atoms with Crippen LogP contribution in [0.1, 0.15) is 22.7 Å². The summed E-state index contributed by atoms with van der Waals surface area (Å²) < 4.78 is 22.4. The quantitative estimate of drug-likeness (QED) is 0.342. The van der Waals surface area contributed by atoms with E-state index >= 15 is 0 Å². The second-order valence-electron chi connectivity index (χ2n) is 8.96. The highest BCUT2D eigenvalue weighted by molar-refractivity contribution is 6.09. The molecule has 0 radical (unpaired) electrons. The molecule has 0 fully saturated rings. The lowest BCUT2D eigenvalue weighted by Crippen LogP contribution is -2.37. The summed E-state index contributed by atoms with van der Waals surface area (Å²) in [7, 11) is 6.61. The van der Waals surface area contributed by atoms with E-state index in [0.717, 1.165) is 46.5 Å². The van der Waals surface area contributed by atoms with Gasteiger partial charge in [-0.25, -0.2) is 9.97 Å². The van der Waals surface area contributed by atoms with Crippen molar-refractivity contribution in [2.24, 2.45) is 0 Å². The van der Waals surface area contributed by atoms with Gasteiger partial charge in [0.1, 0.15) is 17.4 Å². The maximum absolute atomic E-state index is 5.68. The van der Waals surface area contributed by atoms with Gasteiger partial charge in [-0.1, -0.05) is 30.3 Å². The van der Waals surface area contributed by atoms with Crippen LogP contribution in [0.5, 0.6) is 23.0 Å². The summed E-state index contributed by atoms with van der Waals surface area (Å²) in [5, 5.41) is 0.955. The van der Waals surface area contributed by atoms with E-state index in [9.17, 15) is 0 Å². The van der Waals surface area contributed by atoms with Crippen LogP contribution in [0.4, 0.5) is 5.82 Å². The first kappa shape index (κ1) is 23.0. The molecule has 2 aromatic heterocycles. The van der Waals surface area contributed by atoms with Gasteiger partial charge in [0.05, 0.1) is 40.0 Å². The van der Waals surface area contributed by atoms with Crippen molar-refractivity contribution < 1.29 is 18.9 Å². The van der Waals surface area contributed by atoms with Gasteiger partial charge in [-0.2, -0.15) is 0 Å². The van der Waals surface area contributed by atoms with Crippen LogP contribution in [0.15, 0.2) is 60.9 Å². The van der Waals surface area contributed by atoms with E-state index in [1.165, 1.54) is 16.7 Å². The summed E-state index contributed by atoms with van der Waals surface area (Å²) >= 11 is 0. The second kappa shape index (κ2) is 9.20. The number of nitrogens with zero attached hydrogens (tertiary/aromatic N) is 3. The molecule has 0 saturated heterocycles. The number of fused-ring (bicyclic) bond motifs is 4. The van der Waals surface area contributed by atoms with E-state index in [1.54, 1.807) is 34.8 Å². The monoisotopic (exact) mass is 496 g/mol. The standard InChI is InChI=1S/C29H28N4O4/c1-34-22-12-18-10-11-33(28(17-8-6-5-7-9-17)19(18)13-23(22)35-2)29-27-26(30-16-31-29)20-14-24(36-3)25(37-4)15-21(20)32-27/h5-9,12-16,28,32H,10-11H2,1-4H3. The molecule has 0 saturated carbocycles. The van der Waals surface area contributed by atoms with Crippen LogP contribution in [-0.2, 0) is 6.42 Å². The van der Waals surface area contributed by atoms with Gasteiger partial charge in [-0.15, -0.1) is 0 Å². The first-order chi connectivity index (χ1) is 18.2. The zero-order valence-corrected chi connectivity index (χ0v) is 21.2. The summed E-state index contributed by atoms with van der Waals surface area (Å²) in [6.45, 7) is 0.774. The second-order valence-corrected chi connectivity index (χ2v) is 8.96. The minimum Gasteiger partial charge on any atom is -0.493 e. The number of anilines is 1. The van der Waals surface area contributed by atoms with Crippen LogP contribution < -0.4 is 23.8 Å². The van der Waals surface area contributed by atoms with Gasteiger partial charge in [-0.3, -0.25) is 0 Å². The fourth-order valence-electron chi connectivity index (χ4n) is 5.40. The molecule has 0 amide bonds. The van der Waals surface area contributed by atoms with Crippen LogP contribution in [0.2, 0.25) is 0 Å². The average molecular weight is 497 g/mol. The Morgan fingerprint density at radius 3 is 2.22 bits per heavy atom. The minimum atomic E-state index is -0.0710. The average Bonchev–Trinajstić information content (AvgIpc) is 3.33. The SMILES string of the molecule is COc1cc2c(cc1OC)C(c1ccccc1)N(c1ncnc3c1[nH]c1cc(OC)c(OC)cc13)CC2. The van der Waals surface area contributed by atoms with Crippen LogP contribution >= 0.6 is 0 Å². The molecule has 0 spiro atoms. The van der Waals surface area contributed by atoms with Crippen molar-refractivity contribution in [1.82, 2.24) is 15.0 Å². The molecular weight excluding hydrogens is 468 g/mol. The fourth-order valence-corrected chi connectivity index (χ4v) is 5.40. The number of rotatable bonds is 6. The van der Waals surface area contributed by atoms with Crippen molar-refractivity contribution in [2.45, 2.75) is 12.5 Å². The Bertz CT molecular complexity index is 1600. The molecule has 0 aliphatic carbocycles. The molecule has 5 aromatic rings. The zero-order valence-electron chi connectivity index (χ0n) is 21.2. The van der Waals surface area contributed by atoms with Gasteiger partial charge >= 0.3 is 0 Å². The van der Waals surface area contributed by atoms with Crippen molar-refractivity contribution >= 4 is 27.8 Å². The molecule has 0 bridgehead atoms. The Morgan fingerprint density at radius 2 is 1.49 bits per heavy atom. The molecule has 6 rings (SSSR count). The van der Waals surface area contributed by atoms with E-state index < -0.39 is 0 Å². The largest absolute Gasteiger partial charge is 0.493 e. The molecule has 3 aromatic carbocycles. The number of H-pyrrole nitrogens is 1. The smallest absolute Gasteiger partial charge is 0.162 e. The van der Waals surface area contributed by atoms with Gasteiger partial charge in [-0.05, 0) is 41.3 Å². The number of hydrogen-bond donors (Lipinski definition) is 1. The zero-order chi connectivity index (χ0) is 25.5. The molecule has 1 atom stereocenters. The maximum atomic E-state index is 5.68. The Morgan fingerprint density at radius 1 is 0.811 bits per heavy atom. The Kier molecular flexibility index (Phi) is 5.71. The predicted molar refractivity (Wildman–Crippen MR) is 143 cm³/mol. The molecule has 1 unspecified atom stereocenters. The van der Waals surface area contributed by atoms with Crippen molar-refractivity contribution in [3.8, 4) is 23.0 Å². The van der Waals surface area contributed by atoms with E-state index in [0.29, 0.717) is 17.2 Å². The third-order valence-corrected chi connectivity index (χ3v) is 7.13. The molecule has 1 N–H and O–H groups in total. The summed E-state index contributed by atoms with van der Waals surface area (Å²) in [5.41, 5.74) is 6.19. The van der Waals surface area contributed by atoms with Crippen molar-refractivity contribution in [3.05, 3.63) is 77.6 Å². The van der Waals surface area contributed by atoms with Crippen molar-refractivity contribution in [1.29, 1.82) is 0 Å². The predicted octanol–water partition coefficient (Wildman–Crippen LogP) is 5.30. The highest BCUT2D eigenvalue weighted by Crippen LogP contribution is 2.44. The van der Waals surface area contributed by atoms with Crippen molar-refractivity contribution in [2.75, 3.05) is 39.9 Å². The molecule has 37 heavy (non-hydrogen) atoms.